The first-order chi connectivity index (χ1) is 11.1. The summed E-state index contributed by atoms with van der Waals surface area (Å²) < 4.78 is 5.16. The zero-order chi connectivity index (χ0) is 16.3. The lowest BCUT2D eigenvalue weighted by Gasteiger charge is -2.43. The standard InChI is InChI=1S/C19H31NO2S/c1-15-13-20(11-9-19(15,21)10-12-22-2)14-17-7-8-18(23-17)16-5-3-4-6-16/h7-8,15-16,21H,3-6,9-14H2,1-2H3. The van der Waals surface area contributed by atoms with E-state index < -0.39 is 5.60 Å². The Labute approximate surface area is 144 Å². The number of methoxy groups -OCH3 is 1. The van der Waals surface area contributed by atoms with E-state index in [9.17, 15) is 5.11 Å². The van der Waals surface area contributed by atoms with E-state index in [1.165, 1.54) is 30.6 Å². The molecule has 1 aliphatic heterocycles. The molecule has 2 aliphatic rings. The van der Waals surface area contributed by atoms with Crippen LogP contribution in [0.4, 0.5) is 0 Å². The number of likely N-dealkylation sites (tertiary alicyclic amines) is 1. The molecule has 0 bridgehead atoms. The van der Waals surface area contributed by atoms with Gasteiger partial charge in [-0.2, -0.15) is 0 Å². The number of thiophene rings is 1. The van der Waals surface area contributed by atoms with Gasteiger partial charge in [0, 0.05) is 43.1 Å². The predicted molar refractivity (Wildman–Crippen MR) is 96.0 cm³/mol. The fourth-order valence-electron chi connectivity index (χ4n) is 4.17. The minimum Gasteiger partial charge on any atom is -0.389 e. The average molecular weight is 338 g/mol. The molecule has 0 amide bonds. The molecule has 1 saturated carbocycles. The van der Waals surface area contributed by atoms with Crippen LogP contribution in [0.1, 0.15) is 61.1 Å². The van der Waals surface area contributed by atoms with E-state index >= 15 is 0 Å². The SMILES string of the molecule is COCCC1(O)CCN(Cc2ccc(C3CCCC3)s2)CC1C. The highest BCUT2D eigenvalue weighted by Gasteiger charge is 2.38. The molecule has 1 aliphatic carbocycles. The summed E-state index contributed by atoms with van der Waals surface area (Å²) in [5.41, 5.74) is -0.545. The third-order valence-electron chi connectivity index (χ3n) is 5.87. The second kappa shape index (κ2) is 7.64. The fourth-order valence-corrected chi connectivity index (χ4v) is 5.39. The molecule has 2 fully saturated rings. The van der Waals surface area contributed by atoms with Crippen LogP contribution in [0.2, 0.25) is 0 Å². The van der Waals surface area contributed by atoms with Crippen molar-refractivity contribution in [2.24, 2.45) is 5.92 Å². The van der Waals surface area contributed by atoms with E-state index in [1.807, 2.05) is 11.3 Å². The number of aliphatic hydroxyl groups is 1. The monoisotopic (exact) mass is 337 g/mol. The normalized spacial score (nSPS) is 30.1. The van der Waals surface area contributed by atoms with E-state index in [2.05, 4.69) is 24.0 Å². The zero-order valence-electron chi connectivity index (χ0n) is 14.6. The van der Waals surface area contributed by atoms with Crippen molar-refractivity contribution >= 4 is 11.3 Å². The van der Waals surface area contributed by atoms with Gasteiger partial charge in [0.15, 0.2) is 0 Å². The third kappa shape index (κ3) is 4.16. The minimum atomic E-state index is -0.545. The van der Waals surface area contributed by atoms with Crippen LogP contribution in [0.5, 0.6) is 0 Å². The Hall–Kier alpha value is -0.420. The van der Waals surface area contributed by atoms with Gasteiger partial charge < -0.3 is 9.84 Å². The number of hydrogen-bond acceptors (Lipinski definition) is 4. The second-order valence-corrected chi connectivity index (χ2v) is 8.72. The summed E-state index contributed by atoms with van der Waals surface area (Å²) in [6.07, 6.45) is 7.19. The number of ether oxygens (including phenoxy) is 1. The van der Waals surface area contributed by atoms with Crippen molar-refractivity contribution in [2.75, 3.05) is 26.8 Å². The van der Waals surface area contributed by atoms with Gasteiger partial charge in [0.1, 0.15) is 0 Å². The van der Waals surface area contributed by atoms with Crippen molar-refractivity contribution in [3.05, 3.63) is 21.9 Å². The van der Waals surface area contributed by atoms with Gasteiger partial charge in [0.2, 0.25) is 0 Å². The van der Waals surface area contributed by atoms with Crippen LogP contribution < -0.4 is 0 Å². The summed E-state index contributed by atoms with van der Waals surface area (Å²) in [5, 5.41) is 10.8. The maximum Gasteiger partial charge on any atom is 0.0719 e. The summed E-state index contributed by atoms with van der Waals surface area (Å²) in [6, 6.07) is 4.69. The minimum absolute atomic E-state index is 0.306. The van der Waals surface area contributed by atoms with Gasteiger partial charge in [-0.3, -0.25) is 4.90 Å². The topological polar surface area (TPSA) is 32.7 Å². The lowest BCUT2D eigenvalue weighted by Crippen LogP contribution is -2.50. The summed E-state index contributed by atoms with van der Waals surface area (Å²) in [5.74, 6) is 1.13. The Balaban J connectivity index is 1.53. The average Bonchev–Trinajstić information content (AvgIpc) is 3.20. The Bertz CT molecular complexity index is 497. The van der Waals surface area contributed by atoms with E-state index in [0.717, 1.165) is 38.4 Å². The van der Waals surface area contributed by atoms with Crippen molar-refractivity contribution in [1.29, 1.82) is 0 Å². The lowest BCUT2D eigenvalue weighted by molar-refractivity contribution is -0.0825. The van der Waals surface area contributed by atoms with Gasteiger partial charge in [-0.25, -0.2) is 0 Å². The van der Waals surface area contributed by atoms with Crippen molar-refractivity contribution < 1.29 is 9.84 Å². The van der Waals surface area contributed by atoms with Gasteiger partial charge in [-0.05, 0) is 49.7 Å². The van der Waals surface area contributed by atoms with Crippen LogP contribution in [0.25, 0.3) is 0 Å². The van der Waals surface area contributed by atoms with E-state index in [4.69, 9.17) is 4.74 Å². The second-order valence-electron chi connectivity index (χ2n) is 7.52. The highest BCUT2D eigenvalue weighted by atomic mass is 32.1. The lowest BCUT2D eigenvalue weighted by atomic mass is 9.80. The van der Waals surface area contributed by atoms with Crippen LogP contribution in [0.15, 0.2) is 12.1 Å². The Morgan fingerprint density at radius 2 is 2.13 bits per heavy atom. The van der Waals surface area contributed by atoms with E-state index in [1.54, 1.807) is 12.0 Å². The number of piperidine rings is 1. The third-order valence-corrected chi connectivity index (χ3v) is 7.10. The Morgan fingerprint density at radius 3 is 2.83 bits per heavy atom. The molecule has 23 heavy (non-hydrogen) atoms. The molecular weight excluding hydrogens is 306 g/mol. The molecule has 2 heterocycles. The van der Waals surface area contributed by atoms with Gasteiger partial charge in [0.25, 0.3) is 0 Å². The number of rotatable bonds is 6. The summed E-state index contributed by atoms with van der Waals surface area (Å²) in [7, 11) is 1.71. The zero-order valence-corrected chi connectivity index (χ0v) is 15.4. The summed E-state index contributed by atoms with van der Waals surface area (Å²) in [6.45, 7) is 5.84. The highest BCUT2D eigenvalue weighted by Crippen LogP contribution is 2.38. The molecule has 0 radical (unpaired) electrons. The molecule has 1 aromatic heterocycles. The molecule has 2 unspecified atom stereocenters. The van der Waals surface area contributed by atoms with Crippen LogP contribution in [0.3, 0.4) is 0 Å². The molecule has 0 spiro atoms. The molecule has 2 atom stereocenters. The predicted octanol–water partition coefficient (Wildman–Crippen LogP) is 4.02. The van der Waals surface area contributed by atoms with Gasteiger partial charge in [-0.1, -0.05) is 19.8 Å². The van der Waals surface area contributed by atoms with E-state index in [-0.39, 0.29) is 0 Å². The van der Waals surface area contributed by atoms with Crippen molar-refractivity contribution in [2.45, 2.75) is 63.5 Å². The van der Waals surface area contributed by atoms with Gasteiger partial charge >= 0.3 is 0 Å². The molecule has 3 rings (SSSR count). The van der Waals surface area contributed by atoms with Gasteiger partial charge in [-0.15, -0.1) is 11.3 Å². The Kier molecular flexibility index (Phi) is 5.78. The maximum absolute atomic E-state index is 10.8. The Morgan fingerprint density at radius 1 is 1.35 bits per heavy atom. The van der Waals surface area contributed by atoms with E-state index in [0.29, 0.717) is 12.5 Å². The molecule has 0 aromatic carbocycles. The quantitative estimate of drug-likeness (QED) is 0.851. The molecule has 1 aromatic rings. The van der Waals surface area contributed by atoms with Crippen LogP contribution >= 0.6 is 11.3 Å². The summed E-state index contributed by atoms with van der Waals surface area (Å²) in [4.78, 5) is 5.59. The highest BCUT2D eigenvalue weighted by molar-refractivity contribution is 7.12. The molecule has 3 nitrogen and oxygen atoms in total. The molecular formula is C19H31NO2S. The first-order valence-electron chi connectivity index (χ1n) is 9.13. The van der Waals surface area contributed by atoms with Crippen molar-refractivity contribution in [1.82, 2.24) is 4.90 Å². The first-order valence-corrected chi connectivity index (χ1v) is 9.94. The number of hydrogen-bond donors (Lipinski definition) is 1. The van der Waals surface area contributed by atoms with Crippen molar-refractivity contribution in [3.8, 4) is 0 Å². The van der Waals surface area contributed by atoms with Crippen molar-refractivity contribution in [3.63, 3.8) is 0 Å². The molecule has 1 N–H and O–H groups in total. The fraction of sp³-hybridized carbons (Fsp3) is 0.789. The maximum atomic E-state index is 10.8. The van der Waals surface area contributed by atoms with Gasteiger partial charge in [0.05, 0.1) is 5.60 Å². The largest absolute Gasteiger partial charge is 0.389 e. The van der Waals surface area contributed by atoms with Crippen LogP contribution in [0, 0.1) is 5.92 Å². The first kappa shape index (κ1) is 17.4. The van der Waals surface area contributed by atoms with Crippen LogP contribution in [-0.2, 0) is 11.3 Å². The van der Waals surface area contributed by atoms with Crippen LogP contribution in [-0.4, -0.2) is 42.4 Å². The number of nitrogens with zero attached hydrogens (tertiary/aromatic N) is 1. The smallest absolute Gasteiger partial charge is 0.0719 e. The molecule has 1 saturated heterocycles. The summed E-state index contributed by atoms with van der Waals surface area (Å²) >= 11 is 2.01. The molecule has 4 heteroatoms. The molecule has 130 valence electrons.